The Morgan fingerprint density at radius 2 is 2.05 bits per heavy atom. The van der Waals surface area contributed by atoms with Crippen molar-refractivity contribution in [2.45, 2.75) is 19.4 Å². The van der Waals surface area contributed by atoms with Crippen LogP contribution in [0.25, 0.3) is 0 Å². The summed E-state index contributed by atoms with van der Waals surface area (Å²) in [6, 6.07) is 6.64. The van der Waals surface area contributed by atoms with E-state index in [4.69, 9.17) is 21.1 Å². The molecular weight excluding hydrogens is 282 g/mol. The van der Waals surface area contributed by atoms with Gasteiger partial charge in [0.1, 0.15) is 11.6 Å². The summed E-state index contributed by atoms with van der Waals surface area (Å²) >= 11 is 5.50. The van der Waals surface area contributed by atoms with E-state index in [1.54, 1.807) is 19.1 Å². The SMILES string of the molecule is CCOC(=O)CC(NC(=O)CCl)c1ccccc1OC. The number of halogens is 1. The Kier molecular flexibility index (Phi) is 6.87. The first-order chi connectivity index (χ1) is 9.62. The van der Waals surface area contributed by atoms with Crippen LogP contribution in [0, 0.1) is 0 Å². The highest BCUT2D eigenvalue weighted by Gasteiger charge is 2.21. The van der Waals surface area contributed by atoms with Crippen molar-refractivity contribution in [1.29, 1.82) is 0 Å². The van der Waals surface area contributed by atoms with E-state index in [-0.39, 0.29) is 18.2 Å². The van der Waals surface area contributed by atoms with Gasteiger partial charge in [-0.3, -0.25) is 9.59 Å². The fraction of sp³-hybridized carbons (Fsp3) is 0.429. The molecule has 1 aromatic carbocycles. The molecule has 0 aliphatic heterocycles. The second kappa shape index (κ2) is 8.43. The van der Waals surface area contributed by atoms with Crippen LogP contribution in [0.5, 0.6) is 5.75 Å². The molecule has 0 heterocycles. The number of methoxy groups -OCH3 is 1. The number of esters is 1. The van der Waals surface area contributed by atoms with E-state index in [2.05, 4.69) is 5.32 Å². The third-order valence-electron chi connectivity index (χ3n) is 2.65. The van der Waals surface area contributed by atoms with Crippen LogP contribution < -0.4 is 10.1 Å². The van der Waals surface area contributed by atoms with Gasteiger partial charge in [-0.2, -0.15) is 0 Å². The predicted octanol–water partition coefficient (Wildman–Crippen LogP) is 2.04. The average molecular weight is 300 g/mol. The summed E-state index contributed by atoms with van der Waals surface area (Å²) < 4.78 is 10.2. The molecule has 0 spiro atoms. The summed E-state index contributed by atoms with van der Waals surface area (Å²) in [5.74, 6) is -0.323. The number of benzene rings is 1. The topological polar surface area (TPSA) is 64.6 Å². The van der Waals surface area contributed by atoms with Gasteiger partial charge >= 0.3 is 5.97 Å². The van der Waals surface area contributed by atoms with E-state index in [1.165, 1.54) is 7.11 Å². The molecule has 1 unspecified atom stereocenters. The van der Waals surface area contributed by atoms with Crippen LogP contribution >= 0.6 is 11.6 Å². The molecule has 0 fully saturated rings. The minimum atomic E-state index is -0.531. The van der Waals surface area contributed by atoms with Crippen LogP contribution in [-0.4, -0.2) is 31.5 Å². The number of ether oxygens (including phenoxy) is 2. The minimum absolute atomic E-state index is 0.0246. The van der Waals surface area contributed by atoms with Crippen molar-refractivity contribution < 1.29 is 19.1 Å². The smallest absolute Gasteiger partial charge is 0.308 e. The van der Waals surface area contributed by atoms with Crippen molar-refractivity contribution in [1.82, 2.24) is 5.32 Å². The average Bonchev–Trinajstić information content (AvgIpc) is 2.46. The summed E-state index contributed by atoms with van der Waals surface area (Å²) in [6.07, 6.45) is 0.0246. The Hall–Kier alpha value is -1.75. The number of amides is 1. The lowest BCUT2D eigenvalue weighted by Crippen LogP contribution is -2.31. The molecule has 0 saturated carbocycles. The van der Waals surface area contributed by atoms with Crippen LogP contribution in [0.4, 0.5) is 0 Å². The molecule has 1 N–H and O–H groups in total. The fourth-order valence-electron chi connectivity index (χ4n) is 1.81. The Bertz CT molecular complexity index is 464. The molecular formula is C14H18ClNO4. The lowest BCUT2D eigenvalue weighted by atomic mass is 10.0. The van der Waals surface area contributed by atoms with E-state index in [9.17, 15) is 9.59 Å². The summed E-state index contributed by atoms with van der Waals surface area (Å²) in [4.78, 5) is 23.1. The van der Waals surface area contributed by atoms with Gasteiger partial charge in [0.05, 0.1) is 26.2 Å². The van der Waals surface area contributed by atoms with Gasteiger partial charge in [0, 0.05) is 5.56 Å². The number of carbonyl (C=O) groups is 2. The number of rotatable bonds is 7. The Morgan fingerprint density at radius 1 is 1.35 bits per heavy atom. The first-order valence-electron chi connectivity index (χ1n) is 6.26. The number of carbonyl (C=O) groups excluding carboxylic acids is 2. The van der Waals surface area contributed by atoms with E-state index < -0.39 is 12.0 Å². The summed E-state index contributed by atoms with van der Waals surface area (Å²) in [7, 11) is 1.53. The number of alkyl halides is 1. The van der Waals surface area contributed by atoms with Gasteiger partial charge in [-0.1, -0.05) is 18.2 Å². The van der Waals surface area contributed by atoms with Crippen LogP contribution in [0.2, 0.25) is 0 Å². The lowest BCUT2D eigenvalue weighted by molar-refractivity contribution is -0.143. The molecule has 1 rings (SSSR count). The molecule has 6 heteroatoms. The monoisotopic (exact) mass is 299 g/mol. The van der Waals surface area contributed by atoms with Gasteiger partial charge in [0.15, 0.2) is 0 Å². The predicted molar refractivity (Wildman–Crippen MR) is 75.8 cm³/mol. The second-order valence-corrected chi connectivity index (χ2v) is 4.27. The highest BCUT2D eigenvalue weighted by molar-refractivity contribution is 6.27. The maximum Gasteiger partial charge on any atom is 0.308 e. The van der Waals surface area contributed by atoms with Gasteiger partial charge in [0.2, 0.25) is 5.91 Å². The largest absolute Gasteiger partial charge is 0.496 e. The van der Waals surface area contributed by atoms with Crippen molar-refractivity contribution in [3.8, 4) is 5.75 Å². The number of hydrogen-bond donors (Lipinski definition) is 1. The molecule has 0 aliphatic rings. The first-order valence-corrected chi connectivity index (χ1v) is 6.79. The van der Waals surface area contributed by atoms with Gasteiger partial charge < -0.3 is 14.8 Å². The summed E-state index contributed by atoms with van der Waals surface area (Å²) in [6.45, 7) is 2.02. The van der Waals surface area contributed by atoms with Crippen molar-refractivity contribution in [3.63, 3.8) is 0 Å². The zero-order valence-electron chi connectivity index (χ0n) is 11.5. The summed E-state index contributed by atoms with van der Waals surface area (Å²) in [5.41, 5.74) is 0.710. The maximum atomic E-state index is 11.6. The molecule has 1 atom stereocenters. The molecule has 0 aliphatic carbocycles. The third-order valence-corrected chi connectivity index (χ3v) is 2.89. The minimum Gasteiger partial charge on any atom is -0.496 e. The fourth-order valence-corrected chi connectivity index (χ4v) is 1.89. The van der Waals surface area contributed by atoms with Crippen molar-refractivity contribution >= 4 is 23.5 Å². The Labute approximate surface area is 123 Å². The molecule has 20 heavy (non-hydrogen) atoms. The van der Waals surface area contributed by atoms with E-state index in [1.807, 2.05) is 12.1 Å². The van der Waals surface area contributed by atoms with Crippen molar-refractivity contribution in [2.24, 2.45) is 0 Å². The first kappa shape index (κ1) is 16.3. The van der Waals surface area contributed by atoms with Gasteiger partial charge in [-0.05, 0) is 13.0 Å². The standard InChI is InChI=1S/C14H18ClNO4/c1-3-20-14(18)8-11(16-13(17)9-15)10-6-4-5-7-12(10)19-2/h4-7,11H,3,8-9H2,1-2H3,(H,16,17). The maximum absolute atomic E-state index is 11.6. The molecule has 0 aromatic heterocycles. The van der Waals surface area contributed by atoms with E-state index >= 15 is 0 Å². The van der Waals surface area contributed by atoms with Crippen molar-refractivity contribution in [2.75, 3.05) is 19.6 Å². The quantitative estimate of drug-likeness (QED) is 0.618. The van der Waals surface area contributed by atoms with Gasteiger partial charge in [0.25, 0.3) is 0 Å². The van der Waals surface area contributed by atoms with Crippen molar-refractivity contribution in [3.05, 3.63) is 29.8 Å². The zero-order chi connectivity index (χ0) is 15.0. The molecule has 5 nitrogen and oxygen atoms in total. The normalized spacial score (nSPS) is 11.6. The zero-order valence-corrected chi connectivity index (χ0v) is 12.3. The molecule has 0 bridgehead atoms. The third kappa shape index (κ3) is 4.74. The van der Waals surface area contributed by atoms with Crippen LogP contribution in [-0.2, 0) is 14.3 Å². The highest BCUT2D eigenvalue weighted by atomic mass is 35.5. The Morgan fingerprint density at radius 3 is 2.65 bits per heavy atom. The number of hydrogen-bond acceptors (Lipinski definition) is 4. The molecule has 0 radical (unpaired) electrons. The highest BCUT2D eigenvalue weighted by Crippen LogP contribution is 2.27. The van der Waals surface area contributed by atoms with Gasteiger partial charge in [-0.15, -0.1) is 11.6 Å². The van der Waals surface area contributed by atoms with E-state index in [0.29, 0.717) is 17.9 Å². The van der Waals surface area contributed by atoms with Gasteiger partial charge in [-0.25, -0.2) is 0 Å². The number of para-hydroxylation sites is 1. The molecule has 110 valence electrons. The van der Waals surface area contributed by atoms with E-state index in [0.717, 1.165) is 0 Å². The summed E-state index contributed by atoms with van der Waals surface area (Å²) in [5, 5.41) is 2.70. The second-order valence-electron chi connectivity index (χ2n) is 4.00. The lowest BCUT2D eigenvalue weighted by Gasteiger charge is -2.20. The Balaban J connectivity index is 2.96. The van der Waals surface area contributed by atoms with Crippen LogP contribution in [0.15, 0.2) is 24.3 Å². The molecule has 1 aromatic rings. The van der Waals surface area contributed by atoms with Crippen LogP contribution in [0.1, 0.15) is 24.9 Å². The molecule has 1 amide bonds. The van der Waals surface area contributed by atoms with Crippen LogP contribution in [0.3, 0.4) is 0 Å². The number of nitrogens with one attached hydrogen (secondary N) is 1. The molecule has 0 saturated heterocycles.